The molecule has 1 aromatic carbocycles. The predicted octanol–water partition coefficient (Wildman–Crippen LogP) is 1.03. The zero-order valence-electron chi connectivity index (χ0n) is 18.0. The van der Waals surface area contributed by atoms with E-state index in [4.69, 9.17) is 0 Å². The van der Waals surface area contributed by atoms with Crippen LogP contribution in [-0.4, -0.2) is 70.3 Å². The molecule has 7 nitrogen and oxygen atoms in total. The molecule has 0 radical (unpaired) electrons. The second-order valence-electron chi connectivity index (χ2n) is 7.89. The van der Waals surface area contributed by atoms with Crippen molar-refractivity contribution in [2.45, 2.75) is 39.3 Å². The minimum Gasteiger partial charge on any atom is -0.334 e. The SMILES string of the molecule is CC[C@H](C)N(CCC(=O)N1CC[NH+](Cc2ccccc2)CC1)C(=O)c1cnccn1. The van der Waals surface area contributed by atoms with Gasteiger partial charge in [-0.15, -0.1) is 0 Å². The van der Waals surface area contributed by atoms with Crippen LogP contribution in [0.25, 0.3) is 0 Å². The monoisotopic (exact) mass is 410 g/mol. The highest BCUT2D eigenvalue weighted by Gasteiger charge is 2.26. The fourth-order valence-electron chi connectivity index (χ4n) is 3.81. The quantitative estimate of drug-likeness (QED) is 0.706. The van der Waals surface area contributed by atoms with E-state index in [9.17, 15) is 9.59 Å². The topological polar surface area (TPSA) is 70.8 Å². The van der Waals surface area contributed by atoms with Crippen molar-refractivity contribution < 1.29 is 14.5 Å². The molecule has 1 aromatic heterocycles. The third-order valence-corrected chi connectivity index (χ3v) is 5.85. The van der Waals surface area contributed by atoms with Gasteiger partial charge in [-0.25, -0.2) is 4.98 Å². The highest BCUT2D eigenvalue weighted by molar-refractivity contribution is 5.92. The van der Waals surface area contributed by atoms with E-state index < -0.39 is 0 Å². The number of amides is 2. The molecule has 0 aliphatic carbocycles. The molecule has 1 saturated heterocycles. The normalized spacial score (nSPS) is 15.6. The van der Waals surface area contributed by atoms with Gasteiger partial charge in [-0.3, -0.25) is 14.6 Å². The number of piperazine rings is 1. The summed E-state index contributed by atoms with van der Waals surface area (Å²) in [6.45, 7) is 8.88. The molecule has 1 N–H and O–H groups in total. The summed E-state index contributed by atoms with van der Waals surface area (Å²) in [5.74, 6) is -0.0450. The van der Waals surface area contributed by atoms with Crippen LogP contribution >= 0.6 is 0 Å². The largest absolute Gasteiger partial charge is 0.334 e. The first-order chi connectivity index (χ1) is 14.6. The van der Waals surface area contributed by atoms with E-state index in [2.05, 4.69) is 34.2 Å². The zero-order valence-corrected chi connectivity index (χ0v) is 18.0. The van der Waals surface area contributed by atoms with Crippen LogP contribution in [0.5, 0.6) is 0 Å². The molecule has 2 amide bonds. The Labute approximate surface area is 178 Å². The van der Waals surface area contributed by atoms with Crippen LogP contribution in [0, 0.1) is 0 Å². The Morgan fingerprint density at radius 1 is 1.17 bits per heavy atom. The number of nitrogens with one attached hydrogen (secondary N) is 1. The summed E-state index contributed by atoms with van der Waals surface area (Å²) in [7, 11) is 0. The number of aromatic nitrogens is 2. The lowest BCUT2D eigenvalue weighted by molar-refractivity contribution is -0.917. The number of benzene rings is 1. The Hall–Kier alpha value is -2.80. The van der Waals surface area contributed by atoms with E-state index in [0.717, 1.165) is 39.1 Å². The highest BCUT2D eigenvalue weighted by atomic mass is 16.2. The van der Waals surface area contributed by atoms with Gasteiger partial charge in [0.25, 0.3) is 5.91 Å². The summed E-state index contributed by atoms with van der Waals surface area (Å²) in [6, 6.07) is 10.5. The maximum atomic E-state index is 12.8. The molecule has 160 valence electrons. The van der Waals surface area contributed by atoms with Crippen molar-refractivity contribution in [2.75, 3.05) is 32.7 Å². The first kappa shape index (κ1) is 21.9. The molecule has 0 saturated carbocycles. The Morgan fingerprint density at radius 3 is 2.53 bits per heavy atom. The smallest absolute Gasteiger partial charge is 0.274 e. The van der Waals surface area contributed by atoms with Gasteiger partial charge in [0.05, 0.1) is 32.4 Å². The lowest BCUT2D eigenvalue weighted by atomic mass is 10.1. The Kier molecular flexibility index (Phi) is 7.90. The lowest BCUT2D eigenvalue weighted by Gasteiger charge is -2.33. The first-order valence-corrected chi connectivity index (χ1v) is 10.8. The van der Waals surface area contributed by atoms with Crippen LogP contribution < -0.4 is 4.90 Å². The molecule has 1 aliphatic rings. The standard InChI is InChI=1S/C23H31N5O2/c1-3-19(2)28(23(30)21-17-24-10-11-25-21)12-9-22(29)27-15-13-26(14-16-27)18-20-7-5-4-6-8-20/h4-8,10-11,17,19H,3,9,12-16,18H2,1-2H3/p+1/t19-/m0/s1. The molecule has 0 bridgehead atoms. The average Bonchev–Trinajstić information content (AvgIpc) is 2.80. The Morgan fingerprint density at radius 2 is 1.90 bits per heavy atom. The van der Waals surface area contributed by atoms with Crippen molar-refractivity contribution in [3.8, 4) is 0 Å². The number of carbonyl (C=O) groups is 2. The average molecular weight is 411 g/mol. The molecule has 1 fully saturated rings. The van der Waals surface area contributed by atoms with Crippen molar-refractivity contribution in [1.82, 2.24) is 19.8 Å². The van der Waals surface area contributed by atoms with Crippen molar-refractivity contribution in [2.24, 2.45) is 0 Å². The summed E-state index contributed by atoms with van der Waals surface area (Å²) in [4.78, 5) is 38.9. The molecule has 2 heterocycles. The third-order valence-electron chi connectivity index (χ3n) is 5.85. The maximum Gasteiger partial charge on any atom is 0.274 e. The van der Waals surface area contributed by atoms with Gasteiger partial charge in [0.2, 0.25) is 5.91 Å². The minimum absolute atomic E-state index is 0.0412. The molecule has 3 rings (SSSR count). The van der Waals surface area contributed by atoms with Crippen LogP contribution in [-0.2, 0) is 11.3 Å². The molecule has 0 unspecified atom stereocenters. The number of carbonyl (C=O) groups excluding carboxylic acids is 2. The second kappa shape index (κ2) is 10.8. The second-order valence-corrected chi connectivity index (χ2v) is 7.89. The van der Waals surface area contributed by atoms with E-state index in [-0.39, 0.29) is 17.9 Å². The number of quaternary nitrogens is 1. The lowest BCUT2D eigenvalue weighted by Crippen LogP contribution is -3.13. The fourth-order valence-corrected chi connectivity index (χ4v) is 3.81. The highest BCUT2D eigenvalue weighted by Crippen LogP contribution is 2.10. The van der Waals surface area contributed by atoms with Crippen LogP contribution in [0.15, 0.2) is 48.9 Å². The van der Waals surface area contributed by atoms with Gasteiger partial charge < -0.3 is 14.7 Å². The third kappa shape index (κ3) is 5.86. The van der Waals surface area contributed by atoms with Crippen LogP contribution in [0.4, 0.5) is 0 Å². The van der Waals surface area contributed by atoms with Crippen molar-refractivity contribution in [3.63, 3.8) is 0 Å². The number of nitrogens with zero attached hydrogens (tertiary/aromatic N) is 4. The maximum absolute atomic E-state index is 12.8. The fraction of sp³-hybridized carbons (Fsp3) is 0.478. The van der Waals surface area contributed by atoms with Crippen molar-refractivity contribution >= 4 is 11.8 Å². The summed E-state index contributed by atoms with van der Waals surface area (Å²) < 4.78 is 0. The molecular weight excluding hydrogens is 378 g/mol. The Bertz CT molecular complexity index is 807. The van der Waals surface area contributed by atoms with Crippen LogP contribution in [0.1, 0.15) is 42.7 Å². The molecule has 30 heavy (non-hydrogen) atoms. The number of rotatable bonds is 8. The van der Waals surface area contributed by atoms with E-state index >= 15 is 0 Å². The molecule has 7 heteroatoms. The van der Waals surface area contributed by atoms with E-state index in [1.54, 1.807) is 11.1 Å². The van der Waals surface area contributed by atoms with Gasteiger partial charge in [0, 0.05) is 37.0 Å². The minimum atomic E-state index is -0.164. The summed E-state index contributed by atoms with van der Waals surface area (Å²) in [6.07, 6.45) is 5.71. The molecule has 1 atom stereocenters. The van der Waals surface area contributed by atoms with E-state index in [1.165, 1.54) is 22.9 Å². The van der Waals surface area contributed by atoms with Gasteiger partial charge in [-0.05, 0) is 13.3 Å². The number of hydrogen-bond donors (Lipinski definition) is 1. The molecule has 0 spiro atoms. The van der Waals surface area contributed by atoms with E-state index in [0.29, 0.717) is 18.7 Å². The van der Waals surface area contributed by atoms with Gasteiger partial charge in [0.1, 0.15) is 12.2 Å². The Balaban J connectivity index is 1.50. The molecule has 1 aliphatic heterocycles. The molecule has 2 aromatic rings. The van der Waals surface area contributed by atoms with Crippen molar-refractivity contribution in [1.29, 1.82) is 0 Å². The van der Waals surface area contributed by atoms with Crippen molar-refractivity contribution in [3.05, 3.63) is 60.2 Å². The van der Waals surface area contributed by atoms with Gasteiger partial charge >= 0.3 is 0 Å². The first-order valence-electron chi connectivity index (χ1n) is 10.8. The van der Waals surface area contributed by atoms with Crippen LogP contribution in [0.3, 0.4) is 0 Å². The number of hydrogen-bond acceptors (Lipinski definition) is 4. The summed E-state index contributed by atoms with van der Waals surface area (Å²) in [5.41, 5.74) is 1.65. The van der Waals surface area contributed by atoms with Gasteiger partial charge in [0.15, 0.2) is 0 Å². The molecular formula is C23H32N5O2+. The van der Waals surface area contributed by atoms with Gasteiger partial charge in [-0.1, -0.05) is 37.3 Å². The van der Waals surface area contributed by atoms with E-state index in [1.807, 2.05) is 24.8 Å². The van der Waals surface area contributed by atoms with Crippen LogP contribution in [0.2, 0.25) is 0 Å². The zero-order chi connectivity index (χ0) is 21.3. The summed E-state index contributed by atoms with van der Waals surface area (Å²) in [5, 5.41) is 0. The van der Waals surface area contributed by atoms with Gasteiger partial charge in [-0.2, -0.15) is 0 Å². The summed E-state index contributed by atoms with van der Waals surface area (Å²) >= 11 is 0. The predicted molar refractivity (Wildman–Crippen MR) is 115 cm³/mol.